The van der Waals surface area contributed by atoms with Crippen LogP contribution in [-0.4, -0.2) is 318 Å². The molecule has 12 rings (SSSR count). The molecule has 6 N–H and O–H groups in total. The molecule has 9 heterocycles. The number of hydrogen-bond donors (Lipinski definition) is 5. The van der Waals surface area contributed by atoms with E-state index in [0.717, 1.165) is 158 Å². The van der Waals surface area contributed by atoms with Crippen LogP contribution in [0.15, 0.2) is 54.6 Å². The van der Waals surface area contributed by atoms with Crippen LogP contribution in [0.1, 0.15) is 230 Å². The van der Waals surface area contributed by atoms with E-state index in [4.69, 9.17) is 120 Å². The van der Waals surface area contributed by atoms with E-state index in [-0.39, 0.29) is 127 Å². The summed E-state index contributed by atoms with van der Waals surface area (Å²) in [5.41, 5.74) is 14.2. The Labute approximate surface area is 962 Å². The van der Waals surface area contributed by atoms with E-state index in [1.54, 1.807) is 28.5 Å². The number of esters is 2. The van der Waals surface area contributed by atoms with E-state index in [2.05, 4.69) is 195 Å². The van der Waals surface area contributed by atoms with Gasteiger partial charge in [0.2, 0.25) is 29.5 Å². The number of nitrogens with one attached hydrogen (secondary N) is 2. The number of carbonyl (C=O) groups excluding carboxylic acids is 7. The van der Waals surface area contributed by atoms with Gasteiger partial charge in [0, 0.05) is 233 Å². The molecule has 3 aromatic heterocycles. The second-order valence-corrected chi connectivity index (χ2v) is 299. The number of piperidine rings is 3. The number of anilines is 3. The Morgan fingerprint density at radius 3 is 1.13 bits per heavy atom. The second-order valence-electron chi connectivity index (χ2n) is 34.7. The van der Waals surface area contributed by atoms with Crippen molar-refractivity contribution in [1.29, 1.82) is 0 Å². The molecule has 61 heteroatoms. The molecule has 6 aromatic rings. The number of carboxylic acids is 2. The molecule has 3 aromatic carbocycles. The first-order valence-electron chi connectivity index (χ1n) is 44.9. The number of nitrogen functional groups attached to an aromatic ring is 1. The summed E-state index contributed by atoms with van der Waals surface area (Å²) in [6.07, 6.45) is 2.74. The van der Waals surface area contributed by atoms with Crippen LogP contribution in [0.25, 0.3) is 0 Å². The number of carboxylic acid groups (broad SMARTS) is 2. The number of nitrogens with zero attached hydrogens (tertiary/aromatic N) is 9. The average molecular weight is 3460 g/mol. The quantitative estimate of drug-likeness (QED) is 0.0142. The molecule has 739 valence electrons. The summed E-state index contributed by atoms with van der Waals surface area (Å²) in [4.78, 5) is 137. The fourth-order valence-electron chi connectivity index (χ4n) is 17.2. The van der Waals surface area contributed by atoms with Gasteiger partial charge in [0.15, 0.2) is 15.4 Å². The van der Waals surface area contributed by atoms with Crippen LogP contribution in [0, 0.1) is 20.8 Å². The van der Waals surface area contributed by atoms with Crippen molar-refractivity contribution in [2.45, 2.75) is 227 Å². The molecule has 19 radical (unpaired) electrons. The van der Waals surface area contributed by atoms with E-state index in [0.29, 0.717) is 89.8 Å². The molecule has 6 aliphatic rings. The number of aromatic carboxylic acids is 1. The molecular weight excluding hydrogens is 3360 g/mol. The zero-order chi connectivity index (χ0) is 104. The Morgan fingerprint density at radius 1 is 0.507 bits per heavy atom. The number of ether oxygens (including phenoxy) is 2. The number of nitrogens with two attached hydrogens (primary N) is 1. The molecular formula is C79H103B17Cl3I13N12O13S3-. The number of rotatable bonds is 34. The Kier molecular flexibility index (Phi) is 59.9. The van der Waals surface area contributed by atoms with Crippen LogP contribution in [0.5, 0.6) is 0 Å². The van der Waals surface area contributed by atoms with Gasteiger partial charge in [-0.15, -0.1) is 0 Å². The van der Waals surface area contributed by atoms with Gasteiger partial charge < -0.3 is 50.8 Å². The van der Waals surface area contributed by atoms with Gasteiger partial charge in [0.25, 0.3) is 0 Å². The normalized spacial score (nSPS) is 17.5. The number of likely N-dealkylation sites (tertiary alicyclic amines) is 6. The van der Waals surface area contributed by atoms with E-state index >= 15 is 0 Å². The maximum absolute atomic E-state index is 13.3. The van der Waals surface area contributed by atoms with Crippen molar-refractivity contribution in [3.05, 3.63) is 135 Å². The first kappa shape index (κ1) is 130. The molecule has 0 saturated carbocycles. The molecule has 6 aliphatic heterocycles. The van der Waals surface area contributed by atoms with Gasteiger partial charge in [-0.2, -0.15) is 0 Å². The number of aryl methyl sites for hydroxylation is 3. The number of aromatic nitrogens is 3. The van der Waals surface area contributed by atoms with Crippen molar-refractivity contribution in [3.63, 3.8) is 0 Å². The molecule has 140 heavy (non-hydrogen) atoms. The van der Waals surface area contributed by atoms with Crippen molar-refractivity contribution in [1.82, 2.24) is 44.4 Å². The van der Waals surface area contributed by atoms with Crippen LogP contribution in [0.3, 0.4) is 0 Å². The number of amides is 5. The summed E-state index contributed by atoms with van der Waals surface area (Å²) in [7, 11) is 50.4. The minimum atomic E-state index is -1.05. The van der Waals surface area contributed by atoms with Gasteiger partial charge in [0.05, 0.1) is 30.3 Å². The third-order valence-corrected chi connectivity index (χ3v) is 771. The van der Waals surface area contributed by atoms with Gasteiger partial charge in [-0.05, 0) is 162 Å². The maximum atomic E-state index is 13.3. The summed E-state index contributed by atoms with van der Waals surface area (Å²) in [6.45, 7) is 29.4. The van der Waals surface area contributed by atoms with Crippen LogP contribution in [0.4, 0.5) is 15.4 Å². The Morgan fingerprint density at radius 2 is 0.836 bits per heavy atom. The van der Waals surface area contributed by atoms with Gasteiger partial charge in [-0.1, -0.05) is 147 Å². The Bertz CT molecular complexity index is 5120. The van der Waals surface area contributed by atoms with Crippen molar-refractivity contribution >= 4 is 429 Å². The average Bonchev–Trinajstić information content (AvgIpc) is 1.53. The molecule has 6 saturated heterocycles. The van der Waals surface area contributed by atoms with Gasteiger partial charge in [-0.3, -0.25) is 38.7 Å². The minimum absolute atomic E-state index is 0.00478. The van der Waals surface area contributed by atoms with E-state index in [1.165, 1.54) is 35.1 Å². The SMILES string of the molecule is CCOC(=O)c1sc(N)nc1C(C)C.CCOC(=O)c1sc(NC(=O)[C@H]2CCC(=O)N2C2CCN(Cc3ccc(Cl)c(C)c3)CC2)nc1C(C)C.Cc1cc(CN2CCC(N3C(=O)CC[C@@H]3C(=O)Nc3nc(C(C)C)c(C(=O)O)s3)CC2)ccc1Cl.Cc1cc(CN2CCC(N3C(=O)CC[C@@H]3C(=O)O)CC2)ccc1Cl.I[I-]I(I)I(I)I(I)I(I)I(I)I.[B][B]B(B([B])[B])B(B([B])[B])B(B([B])[B])B([B])[B]. The third kappa shape index (κ3) is 39.3. The van der Waals surface area contributed by atoms with E-state index < -0.39 is 80.7 Å². The molecule has 0 spiro atoms. The molecule has 0 unspecified atom stereocenters. The van der Waals surface area contributed by atoms with Crippen LogP contribution < -0.4 is 29.6 Å². The van der Waals surface area contributed by atoms with Gasteiger partial charge in [0.1, 0.15) is 32.8 Å². The number of benzene rings is 3. The number of carbonyl (C=O) groups is 9. The van der Waals surface area contributed by atoms with Crippen molar-refractivity contribution in [2.24, 2.45) is 0 Å². The summed E-state index contributed by atoms with van der Waals surface area (Å²) < 4.78 is 10.1. The zero-order valence-corrected chi connectivity index (χ0v) is 112. The second kappa shape index (κ2) is 64.6. The fourth-order valence-corrected chi connectivity index (χ4v) is 1490. The van der Waals surface area contributed by atoms with Crippen LogP contribution >= 0.6 is 239 Å². The first-order valence-corrected chi connectivity index (χ1v) is 124. The smallest absolute Gasteiger partial charge is 0 e. The molecule has 6 fully saturated rings. The third-order valence-electron chi connectivity index (χ3n) is 23.8. The van der Waals surface area contributed by atoms with Crippen LogP contribution in [-0.2, 0) is 57.9 Å². The Balaban J connectivity index is 0.000000239. The summed E-state index contributed by atoms with van der Waals surface area (Å²) in [6, 6.07) is 16.7. The van der Waals surface area contributed by atoms with E-state index in [9.17, 15) is 53.4 Å². The monoisotopic (exact) mass is 3470 g/mol. The van der Waals surface area contributed by atoms with Crippen molar-refractivity contribution in [3.8, 4) is 0 Å². The number of hydrogen-bond acceptors (Lipinski definition) is 21. The summed E-state index contributed by atoms with van der Waals surface area (Å²) >= 11 is 42.6. The summed E-state index contributed by atoms with van der Waals surface area (Å²) in [5.74, 6) is -3.08. The summed E-state index contributed by atoms with van der Waals surface area (Å²) in [5, 5.41) is 27.8. The zero-order valence-electron chi connectivity index (χ0n) is 79.2. The van der Waals surface area contributed by atoms with E-state index in [1.807, 2.05) is 92.6 Å². The van der Waals surface area contributed by atoms with Crippen molar-refractivity contribution < 1.29 is 76.1 Å². The van der Waals surface area contributed by atoms with Gasteiger partial charge in [-0.25, -0.2) is 34.1 Å². The van der Waals surface area contributed by atoms with Crippen LogP contribution in [0.2, 0.25) is 15.1 Å². The minimum Gasteiger partial charge on any atom is 0 e. The largest absolute Gasteiger partial charge is 0 e. The maximum Gasteiger partial charge on any atom is 0 e. The number of halogens is 16. The van der Waals surface area contributed by atoms with Gasteiger partial charge >= 0.3 is 207 Å². The molecule has 25 nitrogen and oxygen atoms in total. The van der Waals surface area contributed by atoms with Crippen molar-refractivity contribution in [2.75, 3.05) is 68.8 Å². The molecule has 3 atom stereocenters. The fraction of sp³-hybridized carbons (Fsp3) is 0.544. The molecule has 5 amide bonds. The first-order chi connectivity index (χ1) is 66.0. The topological polar surface area (TPSA) is 321 Å². The number of thiazole rings is 3. The Hall–Kier alpha value is 2.92. The number of aliphatic carboxylic acids is 1. The molecule has 0 aliphatic carbocycles. The predicted octanol–water partition coefficient (Wildman–Crippen LogP) is 15.4. The molecule has 0 bridgehead atoms. The standard InChI is InChI=1S/C27H35ClN4O4S.C25H31ClN4O4S.C18H23ClN2O3.C9H14N2O2S.B17.I13/c1-5-36-26(35)24-23(16(2)3)29-27(37-24)30-25(34)21-8-9-22(33)32(21)19-10-12-31(13-11-19)15-18-6-7-20(28)17(4)14-18;1-14(2)21-22(24(33)34)35-25(27-21)28-23(32)19-6-7-20(31)30(19)17-8-10-29(11-9-17)13-16-4-5-18(26)15(3)12-16;1-12-10-13(2-3-15(12)19)11-20-8-6-14(7-9-20)21-16(18(23)24)4-5-17(21)22;1-4-13-8(12)7-6(5(2)3)11-9(10)14-7;1-10-15(11(2)3)17(14(8)9)16(12(4)5)13(6)7;1-8-10(4)12(6)13(7)11(5)9(2)3/h6-7,14,16,19,21H,5,8-13,15H2,1-4H3,(H,29,30,34);4-5,12,14,17,19H,6-11,13H2,1-3H3,(H,33,34)(H,27,28,32);2-3,10,14,16H,4-9,11H2,1H3,(H,23,24);5H,4H2,1-3H3,(H2,10,11);;/q;;;;;-1/t21-;19-;16-;;;/m111.../s1. The predicted molar refractivity (Wildman–Crippen MR) is 696 cm³/mol.